The minimum Gasteiger partial charge on any atom is -0.496 e. The number of hydrazone groups is 1. The standard InChI is InChI=1S/C22H20N2O5/c1-3-28-22(26)16-8-6-7-15(13-16)19-12-11-17(29-19)14-23-24-21(25)18-9-4-5-10-20(18)27-2/h4-14H,3H2,1-2H3,(H,24,25)/b23-14+. The molecule has 0 atom stereocenters. The summed E-state index contributed by atoms with van der Waals surface area (Å²) >= 11 is 0. The number of furan rings is 1. The first kappa shape index (κ1) is 19.9. The Bertz CT molecular complexity index is 1040. The Morgan fingerprint density at radius 1 is 1.10 bits per heavy atom. The molecule has 0 aliphatic carbocycles. The highest BCUT2D eigenvalue weighted by molar-refractivity contribution is 5.97. The van der Waals surface area contributed by atoms with E-state index in [2.05, 4.69) is 10.5 Å². The molecule has 3 rings (SSSR count). The lowest BCUT2D eigenvalue weighted by Gasteiger charge is -2.05. The number of esters is 1. The van der Waals surface area contributed by atoms with Crippen molar-refractivity contribution in [1.82, 2.24) is 5.43 Å². The topological polar surface area (TPSA) is 90.1 Å². The van der Waals surface area contributed by atoms with Crippen LogP contribution in [-0.2, 0) is 4.74 Å². The molecule has 29 heavy (non-hydrogen) atoms. The molecule has 0 bridgehead atoms. The van der Waals surface area contributed by atoms with Crippen molar-refractivity contribution >= 4 is 18.1 Å². The van der Waals surface area contributed by atoms with Crippen LogP contribution < -0.4 is 10.2 Å². The quantitative estimate of drug-likeness (QED) is 0.374. The monoisotopic (exact) mass is 392 g/mol. The summed E-state index contributed by atoms with van der Waals surface area (Å²) in [6.07, 6.45) is 1.39. The molecule has 0 radical (unpaired) electrons. The van der Waals surface area contributed by atoms with Gasteiger partial charge < -0.3 is 13.9 Å². The van der Waals surface area contributed by atoms with E-state index in [9.17, 15) is 9.59 Å². The Morgan fingerprint density at radius 2 is 1.93 bits per heavy atom. The van der Waals surface area contributed by atoms with E-state index in [1.165, 1.54) is 13.3 Å². The van der Waals surface area contributed by atoms with Crippen LogP contribution in [0, 0.1) is 0 Å². The summed E-state index contributed by atoms with van der Waals surface area (Å²) in [4.78, 5) is 24.1. The molecule has 0 fully saturated rings. The molecule has 148 valence electrons. The second-order valence-corrected chi connectivity index (χ2v) is 5.90. The summed E-state index contributed by atoms with van der Waals surface area (Å²) in [6.45, 7) is 2.07. The minimum atomic E-state index is -0.396. The molecule has 7 heteroatoms. The van der Waals surface area contributed by atoms with Crippen LogP contribution >= 0.6 is 0 Å². The molecule has 1 amide bonds. The van der Waals surface area contributed by atoms with Gasteiger partial charge in [0.15, 0.2) is 0 Å². The summed E-state index contributed by atoms with van der Waals surface area (Å²) in [5, 5.41) is 3.92. The Kier molecular flexibility index (Phi) is 6.42. The molecule has 1 N–H and O–H groups in total. The molecule has 0 saturated carbocycles. The predicted octanol–water partition coefficient (Wildman–Crippen LogP) is 3.90. The van der Waals surface area contributed by atoms with E-state index in [1.807, 2.05) is 6.07 Å². The third kappa shape index (κ3) is 4.90. The number of hydrogen-bond donors (Lipinski definition) is 1. The van der Waals surface area contributed by atoms with Gasteiger partial charge in [-0.15, -0.1) is 0 Å². The number of para-hydroxylation sites is 1. The van der Waals surface area contributed by atoms with Gasteiger partial charge in [-0.05, 0) is 43.3 Å². The molecule has 0 aliphatic rings. The molecule has 3 aromatic rings. The number of amides is 1. The molecule has 2 aromatic carbocycles. The first-order valence-corrected chi connectivity index (χ1v) is 8.96. The van der Waals surface area contributed by atoms with Crippen LogP contribution in [0.1, 0.15) is 33.4 Å². The van der Waals surface area contributed by atoms with Crippen LogP contribution in [0.5, 0.6) is 5.75 Å². The number of benzene rings is 2. The van der Waals surface area contributed by atoms with Crippen molar-refractivity contribution in [3.8, 4) is 17.1 Å². The number of rotatable bonds is 7. The maximum Gasteiger partial charge on any atom is 0.338 e. The zero-order valence-corrected chi connectivity index (χ0v) is 16.0. The number of carbonyl (C=O) groups is 2. The number of methoxy groups -OCH3 is 1. The fourth-order valence-corrected chi connectivity index (χ4v) is 2.64. The smallest absolute Gasteiger partial charge is 0.338 e. The fourth-order valence-electron chi connectivity index (χ4n) is 2.64. The predicted molar refractivity (Wildman–Crippen MR) is 108 cm³/mol. The van der Waals surface area contributed by atoms with E-state index in [1.54, 1.807) is 61.5 Å². The van der Waals surface area contributed by atoms with Crippen molar-refractivity contribution in [1.29, 1.82) is 0 Å². The lowest BCUT2D eigenvalue weighted by atomic mass is 10.1. The molecule has 0 aliphatic heterocycles. The lowest BCUT2D eigenvalue weighted by molar-refractivity contribution is 0.0526. The third-order valence-electron chi connectivity index (χ3n) is 3.99. The van der Waals surface area contributed by atoms with Gasteiger partial charge in [0, 0.05) is 5.56 Å². The van der Waals surface area contributed by atoms with Crippen molar-refractivity contribution < 1.29 is 23.5 Å². The Hall–Kier alpha value is -3.87. The van der Waals surface area contributed by atoms with E-state index in [4.69, 9.17) is 13.9 Å². The maximum atomic E-state index is 12.2. The number of hydrogen-bond acceptors (Lipinski definition) is 6. The molecule has 1 heterocycles. The van der Waals surface area contributed by atoms with Gasteiger partial charge >= 0.3 is 5.97 Å². The van der Waals surface area contributed by atoms with E-state index in [0.29, 0.717) is 35.0 Å². The van der Waals surface area contributed by atoms with Gasteiger partial charge in [-0.1, -0.05) is 24.3 Å². The summed E-state index contributed by atoms with van der Waals surface area (Å²) in [5.74, 6) is 0.687. The van der Waals surface area contributed by atoms with Crippen LogP contribution in [0.25, 0.3) is 11.3 Å². The molecule has 0 unspecified atom stereocenters. The minimum absolute atomic E-state index is 0.311. The van der Waals surface area contributed by atoms with E-state index in [0.717, 1.165) is 5.56 Å². The fraction of sp³-hybridized carbons (Fsp3) is 0.136. The summed E-state index contributed by atoms with van der Waals surface area (Å²) in [5.41, 5.74) is 3.99. The van der Waals surface area contributed by atoms with Gasteiger partial charge in [0.2, 0.25) is 0 Å². The number of nitrogens with zero attached hydrogens (tertiary/aromatic N) is 1. The molecular weight excluding hydrogens is 372 g/mol. The highest BCUT2D eigenvalue weighted by Crippen LogP contribution is 2.23. The lowest BCUT2D eigenvalue weighted by Crippen LogP contribution is -2.18. The average molecular weight is 392 g/mol. The summed E-state index contributed by atoms with van der Waals surface area (Å²) in [6, 6.07) is 17.3. The van der Waals surface area contributed by atoms with Gasteiger partial charge in [-0.25, -0.2) is 10.2 Å². The van der Waals surface area contributed by atoms with Crippen LogP contribution in [0.15, 0.2) is 70.2 Å². The molecular formula is C22H20N2O5. The van der Waals surface area contributed by atoms with Crippen molar-refractivity contribution in [2.75, 3.05) is 13.7 Å². The van der Waals surface area contributed by atoms with Gasteiger partial charge in [0.25, 0.3) is 5.91 Å². The Balaban J connectivity index is 1.68. The number of carbonyl (C=O) groups excluding carboxylic acids is 2. The van der Waals surface area contributed by atoms with E-state index >= 15 is 0 Å². The van der Waals surface area contributed by atoms with E-state index in [-0.39, 0.29) is 5.97 Å². The molecule has 0 spiro atoms. The van der Waals surface area contributed by atoms with Gasteiger partial charge in [-0.3, -0.25) is 4.79 Å². The van der Waals surface area contributed by atoms with Crippen molar-refractivity contribution in [2.24, 2.45) is 5.10 Å². The summed E-state index contributed by atoms with van der Waals surface area (Å²) in [7, 11) is 1.50. The number of ether oxygens (including phenoxy) is 2. The Labute approximate surface area is 167 Å². The highest BCUT2D eigenvalue weighted by atomic mass is 16.5. The van der Waals surface area contributed by atoms with Gasteiger partial charge in [0.1, 0.15) is 17.3 Å². The zero-order chi connectivity index (χ0) is 20.6. The van der Waals surface area contributed by atoms with Crippen molar-refractivity contribution in [3.63, 3.8) is 0 Å². The van der Waals surface area contributed by atoms with Gasteiger partial charge in [0.05, 0.1) is 31.1 Å². The largest absolute Gasteiger partial charge is 0.496 e. The maximum absolute atomic E-state index is 12.2. The highest BCUT2D eigenvalue weighted by Gasteiger charge is 2.11. The normalized spacial score (nSPS) is 10.7. The second kappa shape index (κ2) is 9.36. The van der Waals surface area contributed by atoms with Crippen molar-refractivity contribution in [2.45, 2.75) is 6.92 Å². The molecule has 7 nitrogen and oxygen atoms in total. The molecule has 1 aromatic heterocycles. The van der Waals surface area contributed by atoms with Crippen LogP contribution in [0.4, 0.5) is 0 Å². The average Bonchev–Trinajstić information content (AvgIpc) is 3.23. The van der Waals surface area contributed by atoms with Crippen LogP contribution in [-0.4, -0.2) is 31.8 Å². The third-order valence-corrected chi connectivity index (χ3v) is 3.99. The Morgan fingerprint density at radius 3 is 2.72 bits per heavy atom. The van der Waals surface area contributed by atoms with Gasteiger partial charge in [-0.2, -0.15) is 5.10 Å². The van der Waals surface area contributed by atoms with Crippen LogP contribution in [0.3, 0.4) is 0 Å². The number of nitrogens with one attached hydrogen (secondary N) is 1. The summed E-state index contributed by atoms with van der Waals surface area (Å²) < 4.78 is 15.9. The first-order chi connectivity index (χ1) is 14.1. The first-order valence-electron chi connectivity index (χ1n) is 8.96. The zero-order valence-electron chi connectivity index (χ0n) is 16.0. The SMILES string of the molecule is CCOC(=O)c1cccc(-c2ccc(/C=N/NC(=O)c3ccccc3OC)o2)c1. The van der Waals surface area contributed by atoms with Crippen molar-refractivity contribution in [3.05, 3.63) is 77.6 Å². The molecule has 0 saturated heterocycles. The van der Waals surface area contributed by atoms with E-state index < -0.39 is 5.91 Å². The van der Waals surface area contributed by atoms with Crippen LogP contribution in [0.2, 0.25) is 0 Å². The second-order valence-electron chi connectivity index (χ2n) is 5.90.